The average molecular weight is 420 g/mol. The molecule has 156 valence electrons. The number of likely N-dealkylation sites (N-methyl/N-ethyl adjacent to an activating group) is 1. The first-order valence-electron chi connectivity index (χ1n) is 9.64. The number of fused-ring (bicyclic) bond motifs is 1. The molecule has 0 aliphatic carbocycles. The maximum absolute atomic E-state index is 12.6. The second-order valence-corrected chi connectivity index (χ2v) is 8.33. The highest BCUT2D eigenvalue weighted by molar-refractivity contribution is 8.00. The molecule has 2 N–H and O–H groups in total. The fourth-order valence-electron chi connectivity index (χ4n) is 3.72. The molecule has 0 saturated carbocycles. The number of amides is 3. The minimum absolute atomic E-state index is 0.0879. The molecule has 0 bridgehead atoms. The highest BCUT2D eigenvalue weighted by atomic mass is 32.2. The molecule has 3 amide bonds. The van der Waals surface area contributed by atoms with E-state index >= 15 is 0 Å². The van der Waals surface area contributed by atoms with Crippen LogP contribution in [0.25, 0.3) is 0 Å². The molecule has 2 aliphatic rings. The van der Waals surface area contributed by atoms with E-state index in [0.29, 0.717) is 25.1 Å². The topological polar surface area (TPSA) is 105 Å². The second kappa shape index (κ2) is 8.86. The molecule has 8 nitrogen and oxygen atoms in total. The summed E-state index contributed by atoms with van der Waals surface area (Å²) in [5.74, 6) is -1.16. The molecule has 2 saturated heterocycles. The molecule has 2 heterocycles. The summed E-state index contributed by atoms with van der Waals surface area (Å²) in [5.41, 5.74) is 0.986. The highest BCUT2D eigenvalue weighted by Gasteiger charge is 2.57. The summed E-state index contributed by atoms with van der Waals surface area (Å²) in [6, 6.07) is 8.20. The first-order valence-corrected chi connectivity index (χ1v) is 10.6. The quantitative estimate of drug-likeness (QED) is 0.633. The lowest BCUT2D eigenvalue weighted by Crippen LogP contribution is -2.48. The number of nitrogens with one attached hydrogen (secondary N) is 2. The fraction of sp³-hybridized carbons (Fsp3) is 0.500. The number of esters is 1. The van der Waals surface area contributed by atoms with Crippen molar-refractivity contribution in [3.05, 3.63) is 35.9 Å². The number of carbonyl (C=O) groups is 4. The summed E-state index contributed by atoms with van der Waals surface area (Å²) in [4.78, 5) is 49.9. The van der Waals surface area contributed by atoms with Crippen molar-refractivity contribution in [1.29, 1.82) is 0 Å². The molecule has 1 aromatic rings. The van der Waals surface area contributed by atoms with Crippen LogP contribution in [0.1, 0.15) is 32.3 Å². The minimum Gasteiger partial charge on any atom is -0.454 e. The summed E-state index contributed by atoms with van der Waals surface area (Å²) in [7, 11) is 0. The van der Waals surface area contributed by atoms with Gasteiger partial charge >= 0.3 is 5.97 Å². The first kappa shape index (κ1) is 21.2. The third-order valence-corrected chi connectivity index (χ3v) is 6.69. The number of carbonyl (C=O) groups excluding carboxylic acids is 4. The molecular formula is C20H25N3O5S. The molecule has 29 heavy (non-hydrogen) atoms. The Morgan fingerprint density at radius 1 is 1.31 bits per heavy atom. The van der Waals surface area contributed by atoms with E-state index in [2.05, 4.69) is 10.6 Å². The van der Waals surface area contributed by atoms with E-state index < -0.39 is 35.4 Å². The van der Waals surface area contributed by atoms with Gasteiger partial charge in [0.15, 0.2) is 6.61 Å². The van der Waals surface area contributed by atoms with Crippen molar-refractivity contribution in [3.63, 3.8) is 0 Å². The normalized spacial score (nSPS) is 24.0. The van der Waals surface area contributed by atoms with Gasteiger partial charge in [0.05, 0.1) is 0 Å². The minimum atomic E-state index is -0.733. The molecule has 2 fully saturated rings. The van der Waals surface area contributed by atoms with Gasteiger partial charge in [0.1, 0.15) is 17.0 Å². The largest absolute Gasteiger partial charge is 0.454 e. The van der Waals surface area contributed by atoms with Gasteiger partial charge in [-0.15, -0.1) is 11.8 Å². The molecule has 0 aromatic heterocycles. The van der Waals surface area contributed by atoms with E-state index in [9.17, 15) is 19.2 Å². The lowest BCUT2D eigenvalue weighted by atomic mass is 10.0. The maximum atomic E-state index is 12.6. The number of ether oxygens (including phenoxy) is 1. The molecule has 0 unspecified atom stereocenters. The van der Waals surface area contributed by atoms with Gasteiger partial charge in [0.2, 0.25) is 11.8 Å². The predicted molar refractivity (Wildman–Crippen MR) is 108 cm³/mol. The van der Waals surface area contributed by atoms with Crippen LogP contribution in [0.5, 0.6) is 0 Å². The van der Waals surface area contributed by atoms with E-state index in [-0.39, 0.29) is 11.8 Å². The average Bonchev–Trinajstić information content (AvgIpc) is 3.26. The molecule has 0 spiro atoms. The van der Waals surface area contributed by atoms with Crippen LogP contribution in [0, 0.1) is 0 Å². The smallest absolute Gasteiger partial charge is 0.330 e. The van der Waals surface area contributed by atoms with E-state index in [1.165, 1.54) is 0 Å². The Bertz CT molecular complexity index is 803. The van der Waals surface area contributed by atoms with E-state index in [4.69, 9.17) is 4.74 Å². The Kier molecular flexibility index (Phi) is 6.46. The van der Waals surface area contributed by atoms with Crippen molar-refractivity contribution in [2.75, 3.05) is 18.9 Å². The van der Waals surface area contributed by atoms with Crippen LogP contribution in [0.4, 0.5) is 0 Å². The first-order chi connectivity index (χ1) is 13.9. The standard InChI is InChI=1S/C20H25N3O5S/c1-3-21-18(26)13(2)22-16(24)11-28-19(27)15-12-29-20(10-9-17(25)23(15)20)14-7-5-4-6-8-14/h4-8,13,15H,3,9-12H2,1-2H3,(H,21,26)(H,22,24)/t13-,15+,20+/m0/s1. The van der Waals surface area contributed by atoms with E-state index in [1.54, 1.807) is 30.5 Å². The van der Waals surface area contributed by atoms with Gasteiger partial charge in [0.25, 0.3) is 5.91 Å². The molecular weight excluding hydrogens is 394 g/mol. The van der Waals surface area contributed by atoms with E-state index in [0.717, 1.165) is 5.56 Å². The van der Waals surface area contributed by atoms with Gasteiger partial charge in [-0.25, -0.2) is 4.79 Å². The van der Waals surface area contributed by atoms with Crippen molar-refractivity contribution in [2.24, 2.45) is 0 Å². The van der Waals surface area contributed by atoms with Gasteiger partial charge < -0.3 is 20.3 Å². The Hall–Kier alpha value is -2.55. The predicted octanol–water partition coefficient (Wildman–Crippen LogP) is 0.761. The highest BCUT2D eigenvalue weighted by Crippen LogP contribution is 2.54. The van der Waals surface area contributed by atoms with Crippen molar-refractivity contribution in [2.45, 2.75) is 43.6 Å². The van der Waals surface area contributed by atoms with Crippen LogP contribution in [0.2, 0.25) is 0 Å². The SMILES string of the molecule is CCNC(=O)[C@H](C)NC(=O)COC(=O)[C@H]1CS[C@@]2(c3ccccc3)CCC(=O)N12. The number of hydrogen-bond acceptors (Lipinski definition) is 6. The molecule has 1 aromatic carbocycles. The lowest BCUT2D eigenvalue weighted by Gasteiger charge is -2.33. The van der Waals surface area contributed by atoms with Gasteiger partial charge in [-0.05, 0) is 25.8 Å². The summed E-state index contributed by atoms with van der Waals surface area (Å²) in [5, 5.41) is 5.09. The number of benzene rings is 1. The van der Waals surface area contributed by atoms with Gasteiger partial charge in [-0.3, -0.25) is 14.4 Å². The van der Waals surface area contributed by atoms with Gasteiger partial charge in [-0.2, -0.15) is 0 Å². The number of thioether (sulfide) groups is 1. The zero-order valence-corrected chi connectivity index (χ0v) is 17.3. The van der Waals surface area contributed by atoms with Crippen molar-refractivity contribution in [1.82, 2.24) is 15.5 Å². The second-order valence-electron chi connectivity index (χ2n) is 7.03. The fourth-order valence-corrected chi connectivity index (χ4v) is 5.36. The van der Waals surface area contributed by atoms with Crippen molar-refractivity contribution < 1.29 is 23.9 Å². The molecule has 9 heteroatoms. The summed E-state index contributed by atoms with van der Waals surface area (Å²) < 4.78 is 5.18. The number of nitrogens with zero attached hydrogens (tertiary/aromatic N) is 1. The Balaban J connectivity index is 1.61. The van der Waals surface area contributed by atoms with Crippen LogP contribution in [-0.4, -0.2) is 59.6 Å². The van der Waals surface area contributed by atoms with Crippen LogP contribution in [0.15, 0.2) is 30.3 Å². The Morgan fingerprint density at radius 2 is 2.03 bits per heavy atom. The zero-order chi connectivity index (χ0) is 21.0. The number of hydrogen-bond donors (Lipinski definition) is 2. The van der Waals surface area contributed by atoms with Crippen LogP contribution in [0.3, 0.4) is 0 Å². The number of rotatable bonds is 7. The molecule has 3 rings (SSSR count). The maximum Gasteiger partial charge on any atom is 0.330 e. The lowest BCUT2D eigenvalue weighted by molar-refractivity contribution is -0.156. The van der Waals surface area contributed by atoms with Crippen LogP contribution >= 0.6 is 11.8 Å². The van der Waals surface area contributed by atoms with Crippen molar-refractivity contribution in [3.8, 4) is 0 Å². The molecule has 2 aliphatic heterocycles. The van der Waals surface area contributed by atoms with Crippen LogP contribution < -0.4 is 10.6 Å². The summed E-state index contributed by atoms with van der Waals surface area (Å²) in [6.45, 7) is 3.29. The van der Waals surface area contributed by atoms with Crippen LogP contribution in [-0.2, 0) is 28.8 Å². The van der Waals surface area contributed by atoms with Gasteiger partial charge in [0, 0.05) is 18.7 Å². The third kappa shape index (κ3) is 4.24. The monoisotopic (exact) mass is 419 g/mol. The molecule has 0 radical (unpaired) electrons. The zero-order valence-electron chi connectivity index (χ0n) is 16.5. The molecule has 3 atom stereocenters. The summed E-state index contributed by atoms with van der Waals surface area (Å²) >= 11 is 1.56. The Morgan fingerprint density at radius 3 is 2.72 bits per heavy atom. The third-order valence-electron chi connectivity index (χ3n) is 5.09. The Labute approximate surface area is 173 Å². The van der Waals surface area contributed by atoms with E-state index in [1.807, 2.05) is 30.3 Å². The van der Waals surface area contributed by atoms with Crippen molar-refractivity contribution >= 4 is 35.5 Å². The van der Waals surface area contributed by atoms with Gasteiger partial charge in [-0.1, -0.05) is 30.3 Å². The summed E-state index contributed by atoms with van der Waals surface area (Å²) in [6.07, 6.45) is 1.01.